The second kappa shape index (κ2) is 8.45. The van der Waals surface area contributed by atoms with E-state index in [0.717, 1.165) is 26.5 Å². The number of aryl methyl sites for hydroxylation is 1. The molecule has 0 aliphatic carbocycles. The van der Waals surface area contributed by atoms with E-state index in [2.05, 4.69) is 20.9 Å². The molecule has 0 spiro atoms. The molecule has 3 aromatic carbocycles. The topological polar surface area (TPSA) is 90.5 Å². The van der Waals surface area contributed by atoms with Gasteiger partial charge in [0.2, 0.25) is 0 Å². The van der Waals surface area contributed by atoms with Gasteiger partial charge in [-0.25, -0.2) is 17.5 Å². The number of aliphatic carboxylic acids is 1. The third-order valence-corrected chi connectivity index (χ3v) is 8.37. The first-order valence-corrected chi connectivity index (χ1v) is 12.9. The number of sulfonamides is 1. The summed E-state index contributed by atoms with van der Waals surface area (Å²) in [6.45, 7) is 1.78. The Balaban J connectivity index is 1.83. The SMILES string of the molecule is Cc1ccc(S(=O)(=O)N2CC=C(C(=O)O)C(c3ccccc3)c3c2[nH]c2ccc(Br)cc32)cc1. The predicted octanol–water partition coefficient (Wildman–Crippen LogP) is 5.59. The van der Waals surface area contributed by atoms with Crippen molar-refractivity contribution in [1.82, 2.24) is 4.98 Å². The largest absolute Gasteiger partial charge is 0.478 e. The van der Waals surface area contributed by atoms with Crippen LogP contribution in [0.3, 0.4) is 0 Å². The summed E-state index contributed by atoms with van der Waals surface area (Å²) >= 11 is 3.51. The van der Waals surface area contributed by atoms with E-state index >= 15 is 0 Å². The number of halogens is 1. The quantitative estimate of drug-likeness (QED) is 0.355. The van der Waals surface area contributed by atoms with Gasteiger partial charge in [-0.1, -0.05) is 70.0 Å². The summed E-state index contributed by atoms with van der Waals surface area (Å²) in [5.41, 5.74) is 3.19. The molecule has 0 saturated heterocycles. The van der Waals surface area contributed by atoms with Crippen LogP contribution >= 0.6 is 15.9 Å². The number of nitrogens with one attached hydrogen (secondary N) is 1. The zero-order valence-electron chi connectivity index (χ0n) is 18.2. The molecule has 2 heterocycles. The highest BCUT2D eigenvalue weighted by Gasteiger charge is 2.37. The second-order valence-corrected chi connectivity index (χ2v) is 11.0. The number of aromatic nitrogens is 1. The third kappa shape index (κ3) is 3.73. The first-order chi connectivity index (χ1) is 16.3. The molecule has 0 bridgehead atoms. The molecule has 1 atom stereocenters. The average Bonchev–Trinajstić information content (AvgIpc) is 3.06. The van der Waals surface area contributed by atoms with Crippen LogP contribution < -0.4 is 4.31 Å². The highest BCUT2D eigenvalue weighted by molar-refractivity contribution is 9.10. The lowest BCUT2D eigenvalue weighted by Crippen LogP contribution is -2.31. The summed E-state index contributed by atoms with van der Waals surface area (Å²) in [4.78, 5) is 15.9. The molecule has 1 aliphatic heterocycles. The maximum absolute atomic E-state index is 13.8. The van der Waals surface area contributed by atoms with Crippen LogP contribution in [0.15, 0.2) is 93.8 Å². The van der Waals surface area contributed by atoms with Gasteiger partial charge in [0.1, 0.15) is 5.82 Å². The molecule has 1 unspecified atom stereocenters. The van der Waals surface area contributed by atoms with Crippen molar-refractivity contribution in [1.29, 1.82) is 0 Å². The Kier molecular flexibility index (Phi) is 5.58. The van der Waals surface area contributed by atoms with E-state index in [1.807, 2.05) is 55.5 Å². The smallest absolute Gasteiger partial charge is 0.332 e. The minimum absolute atomic E-state index is 0.109. The molecule has 0 radical (unpaired) electrons. The van der Waals surface area contributed by atoms with Gasteiger partial charge < -0.3 is 10.1 Å². The van der Waals surface area contributed by atoms with Gasteiger partial charge in [0.25, 0.3) is 10.0 Å². The van der Waals surface area contributed by atoms with Gasteiger partial charge in [0, 0.05) is 32.4 Å². The van der Waals surface area contributed by atoms with Crippen molar-refractivity contribution in [2.45, 2.75) is 17.7 Å². The van der Waals surface area contributed by atoms with E-state index in [0.29, 0.717) is 11.4 Å². The van der Waals surface area contributed by atoms with Gasteiger partial charge >= 0.3 is 5.97 Å². The fourth-order valence-electron chi connectivity index (χ4n) is 4.46. The van der Waals surface area contributed by atoms with Crippen LogP contribution in [0.25, 0.3) is 10.9 Å². The van der Waals surface area contributed by atoms with E-state index in [-0.39, 0.29) is 17.0 Å². The molecule has 2 N–H and O–H groups in total. The fourth-order valence-corrected chi connectivity index (χ4v) is 6.21. The van der Waals surface area contributed by atoms with Crippen LogP contribution in [-0.4, -0.2) is 31.0 Å². The Morgan fingerprint density at radius 3 is 2.44 bits per heavy atom. The highest BCUT2D eigenvalue weighted by atomic mass is 79.9. The predicted molar refractivity (Wildman–Crippen MR) is 136 cm³/mol. The van der Waals surface area contributed by atoms with Crippen molar-refractivity contribution < 1.29 is 18.3 Å². The molecule has 34 heavy (non-hydrogen) atoms. The molecule has 8 heteroatoms. The Labute approximate surface area is 205 Å². The minimum atomic E-state index is -3.98. The lowest BCUT2D eigenvalue weighted by molar-refractivity contribution is -0.132. The molecule has 172 valence electrons. The Hall–Kier alpha value is -3.36. The number of anilines is 1. The van der Waals surface area contributed by atoms with Gasteiger partial charge in [-0.2, -0.15) is 0 Å². The summed E-state index contributed by atoms with van der Waals surface area (Å²) < 4.78 is 29.7. The Bertz CT molecular complexity index is 1540. The maximum atomic E-state index is 13.8. The number of fused-ring (bicyclic) bond motifs is 3. The monoisotopic (exact) mass is 536 g/mol. The third-order valence-electron chi connectivity index (χ3n) is 6.09. The van der Waals surface area contributed by atoms with Gasteiger partial charge in [-0.3, -0.25) is 0 Å². The Morgan fingerprint density at radius 1 is 1.06 bits per heavy atom. The van der Waals surface area contributed by atoms with Crippen LogP contribution in [-0.2, 0) is 14.8 Å². The minimum Gasteiger partial charge on any atom is -0.478 e. The van der Waals surface area contributed by atoms with Crippen molar-refractivity contribution in [2.24, 2.45) is 0 Å². The molecule has 1 aliphatic rings. The van der Waals surface area contributed by atoms with E-state index in [1.54, 1.807) is 24.3 Å². The van der Waals surface area contributed by atoms with Crippen molar-refractivity contribution in [3.05, 3.63) is 106 Å². The number of H-pyrrole nitrogens is 1. The summed E-state index contributed by atoms with van der Waals surface area (Å²) in [5, 5.41) is 10.9. The van der Waals surface area contributed by atoms with Crippen LogP contribution in [0, 0.1) is 6.92 Å². The summed E-state index contributed by atoms with van der Waals surface area (Å²) in [7, 11) is -3.98. The lowest BCUT2D eigenvalue weighted by atomic mass is 9.84. The molecule has 0 amide bonds. The number of carboxylic acids is 1. The number of hydrogen-bond donors (Lipinski definition) is 2. The second-order valence-electron chi connectivity index (χ2n) is 8.23. The van der Waals surface area contributed by atoms with Crippen molar-refractivity contribution in [3.8, 4) is 0 Å². The van der Waals surface area contributed by atoms with E-state index < -0.39 is 21.9 Å². The lowest BCUT2D eigenvalue weighted by Gasteiger charge is -2.23. The number of hydrogen-bond acceptors (Lipinski definition) is 3. The van der Waals surface area contributed by atoms with Gasteiger partial charge in [-0.15, -0.1) is 0 Å². The van der Waals surface area contributed by atoms with Crippen LogP contribution in [0.4, 0.5) is 5.82 Å². The normalized spacial score (nSPS) is 16.1. The molecule has 0 fully saturated rings. The van der Waals surface area contributed by atoms with Crippen LogP contribution in [0.5, 0.6) is 0 Å². The van der Waals surface area contributed by atoms with Crippen LogP contribution in [0.2, 0.25) is 0 Å². The van der Waals surface area contributed by atoms with Crippen molar-refractivity contribution >= 4 is 48.6 Å². The zero-order chi connectivity index (χ0) is 24.0. The molecule has 1 aromatic heterocycles. The summed E-state index contributed by atoms with van der Waals surface area (Å²) in [5.74, 6) is -1.37. The van der Waals surface area contributed by atoms with Crippen molar-refractivity contribution in [2.75, 3.05) is 10.8 Å². The standard InChI is InChI=1S/C26H21BrN2O4S/c1-16-7-10-19(11-8-16)34(32,33)29-14-13-20(26(30)31)23(17-5-3-2-4-6-17)24-21-15-18(27)9-12-22(21)28-25(24)29/h2-13,15,23,28H,14H2,1H3,(H,30,31). The first-order valence-electron chi connectivity index (χ1n) is 10.7. The molecular weight excluding hydrogens is 516 g/mol. The number of carbonyl (C=O) groups is 1. The fraction of sp³-hybridized carbons (Fsp3) is 0.115. The summed E-state index contributed by atoms with van der Waals surface area (Å²) in [6, 6.07) is 21.6. The average molecular weight is 537 g/mol. The first kappa shape index (κ1) is 22.4. The number of aromatic amines is 1. The van der Waals surface area contributed by atoms with E-state index in [9.17, 15) is 18.3 Å². The number of carboxylic acid groups (broad SMARTS) is 1. The van der Waals surface area contributed by atoms with Gasteiger partial charge in [-0.05, 0) is 42.8 Å². The molecule has 6 nitrogen and oxygen atoms in total. The molecule has 5 rings (SSSR count). The van der Waals surface area contributed by atoms with E-state index in [1.165, 1.54) is 10.4 Å². The summed E-state index contributed by atoms with van der Waals surface area (Å²) in [6.07, 6.45) is 1.50. The van der Waals surface area contributed by atoms with E-state index in [4.69, 9.17) is 0 Å². The number of rotatable bonds is 4. The van der Waals surface area contributed by atoms with Crippen molar-refractivity contribution in [3.63, 3.8) is 0 Å². The number of benzene rings is 3. The zero-order valence-corrected chi connectivity index (χ0v) is 20.6. The molecule has 4 aromatic rings. The number of nitrogens with zero attached hydrogens (tertiary/aromatic N) is 1. The van der Waals surface area contributed by atoms with Gasteiger partial charge in [0.15, 0.2) is 0 Å². The molecule has 0 saturated carbocycles. The molecular formula is C26H21BrN2O4S. The Morgan fingerprint density at radius 2 is 1.76 bits per heavy atom. The maximum Gasteiger partial charge on any atom is 0.332 e. The van der Waals surface area contributed by atoms with Gasteiger partial charge in [0.05, 0.1) is 11.4 Å². The highest BCUT2D eigenvalue weighted by Crippen LogP contribution is 2.45. The van der Waals surface area contributed by atoms with Crippen LogP contribution in [0.1, 0.15) is 22.6 Å².